The van der Waals surface area contributed by atoms with Gasteiger partial charge in [0.15, 0.2) is 5.82 Å². The Bertz CT molecular complexity index is 281. The van der Waals surface area contributed by atoms with E-state index in [0.717, 1.165) is 17.7 Å². The number of hydrogen-bond donors (Lipinski definition) is 1. The van der Waals surface area contributed by atoms with E-state index in [9.17, 15) is 0 Å². The number of anilines is 1. The first-order valence-electron chi connectivity index (χ1n) is 5.96. The Morgan fingerprint density at radius 3 is 2.40 bits per heavy atom. The van der Waals surface area contributed by atoms with Gasteiger partial charge in [-0.15, -0.1) is 0 Å². The van der Waals surface area contributed by atoms with Gasteiger partial charge in [-0.25, -0.2) is 0 Å². The summed E-state index contributed by atoms with van der Waals surface area (Å²) in [5.74, 6) is 1.50. The van der Waals surface area contributed by atoms with Crippen LogP contribution in [0.25, 0.3) is 0 Å². The van der Waals surface area contributed by atoms with E-state index >= 15 is 0 Å². The fourth-order valence-corrected chi connectivity index (χ4v) is 1.68. The molecule has 1 rings (SSSR count). The van der Waals surface area contributed by atoms with Crippen molar-refractivity contribution in [3.63, 3.8) is 0 Å². The van der Waals surface area contributed by atoms with Gasteiger partial charge in [-0.2, -0.15) is 0 Å². The average molecular weight is 210 g/mol. The molecule has 0 aliphatic rings. The summed E-state index contributed by atoms with van der Waals surface area (Å²) in [6, 6.07) is 0. The van der Waals surface area contributed by atoms with Gasteiger partial charge < -0.3 is 10.3 Å². The van der Waals surface area contributed by atoms with Crippen LogP contribution in [-0.2, 0) is 6.42 Å². The van der Waals surface area contributed by atoms with Gasteiger partial charge in [0.25, 0.3) is 0 Å². The maximum Gasteiger partial charge on any atom is 0.169 e. The maximum absolute atomic E-state index is 5.61. The van der Waals surface area contributed by atoms with E-state index in [4.69, 9.17) is 10.3 Å². The quantitative estimate of drug-likeness (QED) is 0.701. The predicted molar refractivity (Wildman–Crippen MR) is 62.7 cm³/mol. The second kappa shape index (κ2) is 6.49. The van der Waals surface area contributed by atoms with Crippen LogP contribution in [0.3, 0.4) is 0 Å². The standard InChI is InChI=1S/C12H22N2O/c1-3-4-5-6-7-8-9-11-10(2)12(13)14-15-11/h3-9H2,1-2H3,(H2,13,14). The Labute approximate surface area is 92.0 Å². The van der Waals surface area contributed by atoms with E-state index in [1.807, 2.05) is 6.92 Å². The minimum atomic E-state index is 0.538. The van der Waals surface area contributed by atoms with Gasteiger partial charge in [-0.05, 0) is 13.3 Å². The van der Waals surface area contributed by atoms with Gasteiger partial charge in [0.1, 0.15) is 5.76 Å². The molecule has 0 amide bonds. The first kappa shape index (κ1) is 12.1. The number of aryl methyl sites for hydroxylation is 1. The van der Waals surface area contributed by atoms with Crippen molar-refractivity contribution in [1.29, 1.82) is 0 Å². The molecule has 0 bridgehead atoms. The SMILES string of the molecule is CCCCCCCCc1onc(N)c1C. The highest BCUT2D eigenvalue weighted by Gasteiger charge is 2.07. The van der Waals surface area contributed by atoms with Crippen LogP contribution >= 0.6 is 0 Å². The van der Waals surface area contributed by atoms with Crippen LogP contribution in [0.15, 0.2) is 4.52 Å². The van der Waals surface area contributed by atoms with Gasteiger partial charge >= 0.3 is 0 Å². The fourth-order valence-electron chi connectivity index (χ4n) is 1.68. The van der Waals surface area contributed by atoms with E-state index in [1.165, 1.54) is 38.5 Å². The molecule has 1 aromatic heterocycles. The molecule has 3 nitrogen and oxygen atoms in total. The zero-order valence-corrected chi connectivity index (χ0v) is 9.88. The smallest absolute Gasteiger partial charge is 0.169 e. The van der Waals surface area contributed by atoms with Crippen LogP contribution < -0.4 is 5.73 Å². The van der Waals surface area contributed by atoms with Gasteiger partial charge in [0, 0.05) is 12.0 Å². The number of nitrogen functional groups attached to an aromatic ring is 1. The summed E-state index contributed by atoms with van der Waals surface area (Å²) in [6.07, 6.45) is 8.78. The third kappa shape index (κ3) is 3.94. The third-order valence-corrected chi connectivity index (χ3v) is 2.81. The Morgan fingerprint density at radius 1 is 1.13 bits per heavy atom. The summed E-state index contributed by atoms with van der Waals surface area (Å²) < 4.78 is 5.15. The number of aromatic nitrogens is 1. The van der Waals surface area contributed by atoms with Crippen LogP contribution in [0, 0.1) is 6.92 Å². The Balaban J connectivity index is 2.12. The van der Waals surface area contributed by atoms with Crippen molar-refractivity contribution >= 4 is 5.82 Å². The predicted octanol–water partition coefficient (Wildman–Crippen LogP) is 3.47. The van der Waals surface area contributed by atoms with Crippen molar-refractivity contribution < 1.29 is 4.52 Å². The molecule has 86 valence electrons. The largest absolute Gasteiger partial charge is 0.381 e. The van der Waals surface area contributed by atoms with E-state index in [1.54, 1.807) is 0 Å². The minimum absolute atomic E-state index is 0.538. The average Bonchev–Trinajstić information content (AvgIpc) is 2.54. The number of nitrogens with zero attached hydrogens (tertiary/aromatic N) is 1. The summed E-state index contributed by atoms with van der Waals surface area (Å²) in [4.78, 5) is 0. The lowest BCUT2D eigenvalue weighted by molar-refractivity contribution is 0.380. The molecule has 0 saturated carbocycles. The second-order valence-corrected chi connectivity index (χ2v) is 4.13. The van der Waals surface area contributed by atoms with E-state index in [2.05, 4.69) is 12.1 Å². The molecular formula is C12H22N2O. The molecule has 3 heteroatoms. The van der Waals surface area contributed by atoms with Crippen LogP contribution in [0.1, 0.15) is 56.8 Å². The van der Waals surface area contributed by atoms with Gasteiger partial charge in [0.2, 0.25) is 0 Å². The summed E-state index contributed by atoms with van der Waals surface area (Å²) in [5, 5.41) is 3.75. The highest BCUT2D eigenvalue weighted by molar-refractivity contribution is 5.38. The molecule has 0 aliphatic heterocycles. The zero-order valence-electron chi connectivity index (χ0n) is 9.88. The van der Waals surface area contributed by atoms with Crippen molar-refractivity contribution in [3.8, 4) is 0 Å². The van der Waals surface area contributed by atoms with Crippen molar-refractivity contribution in [2.75, 3.05) is 5.73 Å². The molecule has 0 saturated heterocycles. The maximum atomic E-state index is 5.61. The lowest BCUT2D eigenvalue weighted by Crippen LogP contribution is -1.89. The lowest BCUT2D eigenvalue weighted by Gasteiger charge is -1.99. The number of unbranched alkanes of at least 4 members (excludes halogenated alkanes) is 5. The molecule has 0 radical (unpaired) electrons. The molecule has 2 N–H and O–H groups in total. The van der Waals surface area contributed by atoms with Crippen molar-refractivity contribution in [3.05, 3.63) is 11.3 Å². The van der Waals surface area contributed by atoms with Crippen LogP contribution in [0.5, 0.6) is 0 Å². The fraction of sp³-hybridized carbons (Fsp3) is 0.750. The van der Waals surface area contributed by atoms with Crippen LogP contribution in [0.4, 0.5) is 5.82 Å². The third-order valence-electron chi connectivity index (χ3n) is 2.81. The Morgan fingerprint density at radius 2 is 1.80 bits per heavy atom. The highest BCUT2D eigenvalue weighted by atomic mass is 16.5. The first-order valence-corrected chi connectivity index (χ1v) is 5.96. The summed E-state index contributed by atoms with van der Waals surface area (Å²) in [6.45, 7) is 4.21. The van der Waals surface area contributed by atoms with Crippen molar-refractivity contribution in [2.45, 2.75) is 58.8 Å². The summed E-state index contributed by atoms with van der Waals surface area (Å²) in [5.41, 5.74) is 6.62. The van der Waals surface area contributed by atoms with Gasteiger partial charge in [-0.3, -0.25) is 0 Å². The number of rotatable bonds is 7. The topological polar surface area (TPSA) is 52.0 Å². The molecule has 1 heterocycles. The zero-order chi connectivity index (χ0) is 11.1. The summed E-state index contributed by atoms with van der Waals surface area (Å²) in [7, 11) is 0. The van der Waals surface area contributed by atoms with E-state index < -0.39 is 0 Å². The molecule has 0 fully saturated rings. The summed E-state index contributed by atoms with van der Waals surface area (Å²) >= 11 is 0. The van der Waals surface area contributed by atoms with Crippen molar-refractivity contribution in [1.82, 2.24) is 5.16 Å². The molecule has 0 aliphatic carbocycles. The highest BCUT2D eigenvalue weighted by Crippen LogP contribution is 2.17. The van der Waals surface area contributed by atoms with Gasteiger partial charge in [-0.1, -0.05) is 44.2 Å². The molecule has 0 spiro atoms. The van der Waals surface area contributed by atoms with Crippen LogP contribution in [0.2, 0.25) is 0 Å². The Hall–Kier alpha value is -0.990. The first-order chi connectivity index (χ1) is 7.25. The number of nitrogens with two attached hydrogens (primary N) is 1. The van der Waals surface area contributed by atoms with E-state index in [-0.39, 0.29) is 0 Å². The normalized spacial score (nSPS) is 10.8. The van der Waals surface area contributed by atoms with E-state index in [0.29, 0.717) is 5.82 Å². The molecule has 0 atom stereocenters. The molecule has 15 heavy (non-hydrogen) atoms. The lowest BCUT2D eigenvalue weighted by atomic mass is 10.1. The molecular weight excluding hydrogens is 188 g/mol. The van der Waals surface area contributed by atoms with Crippen LogP contribution in [-0.4, -0.2) is 5.16 Å². The molecule has 1 aromatic rings. The molecule has 0 aromatic carbocycles. The molecule has 0 unspecified atom stereocenters. The number of hydrogen-bond acceptors (Lipinski definition) is 3. The second-order valence-electron chi connectivity index (χ2n) is 4.13. The minimum Gasteiger partial charge on any atom is -0.381 e. The van der Waals surface area contributed by atoms with Crippen molar-refractivity contribution in [2.24, 2.45) is 0 Å². The monoisotopic (exact) mass is 210 g/mol. The van der Waals surface area contributed by atoms with Gasteiger partial charge in [0.05, 0.1) is 0 Å². The Kier molecular flexibility index (Phi) is 5.22.